The monoisotopic (exact) mass is 385 g/mol. The summed E-state index contributed by atoms with van der Waals surface area (Å²) in [6.07, 6.45) is 2.34. The molecule has 1 aromatic carbocycles. The maximum atomic E-state index is 12.9. The van der Waals surface area contributed by atoms with Gasteiger partial charge < -0.3 is 19.5 Å². The van der Waals surface area contributed by atoms with E-state index in [1.807, 2.05) is 32.0 Å². The van der Waals surface area contributed by atoms with Crippen LogP contribution in [0.3, 0.4) is 0 Å². The van der Waals surface area contributed by atoms with Gasteiger partial charge in [-0.15, -0.1) is 0 Å². The van der Waals surface area contributed by atoms with Crippen LogP contribution in [0.4, 0.5) is 0 Å². The number of nitrogens with zero attached hydrogens (tertiary/aromatic N) is 2. The lowest BCUT2D eigenvalue weighted by molar-refractivity contribution is -0.121. The quantitative estimate of drug-likeness (QED) is 0.717. The number of aromatic nitrogens is 1. The van der Waals surface area contributed by atoms with Gasteiger partial charge in [-0.05, 0) is 38.3 Å². The Bertz CT molecular complexity index is 842. The number of benzene rings is 1. The van der Waals surface area contributed by atoms with Gasteiger partial charge in [0.2, 0.25) is 5.91 Å². The largest absolute Gasteiger partial charge is 0.383 e. The Kier molecular flexibility index (Phi) is 6.46. The first kappa shape index (κ1) is 20.1. The van der Waals surface area contributed by atoms with Crippen molar-refractivity contribution in [1.82, 2.24) is 15.4 Å². The van der Waals surface area contributed by atoms with E-state index in [1.165, 1.54) is 0 Å². The van der Waals surface area contributed by atoms with E-state index >= 15 is 0 Å². The van der Waals surface area contributed by atoms with Crippen molar-refractivity contribution in [2.75, 3.05) is 26.8 Å². The van der Waals surface area contributed by atoms with Gasteiger partial charge in [0.25, 0.3) is 5.91 Å². The molecule has 1 N–H and O–H groups in total. The molecule has 1 aromatic heterocycles. The molecule has 7 nitrogen and oxygen atoms in total. The topological polar surface area (TPSA) is 84.7 Å². The molecule has 2 amide bonds. The predicted molar refractivity (Wildman–Crippen MR) is 105 cm³/mol. The standard InChI is InChI=1S/C21H27N3O4/c1-14-4-5-15(2)17(12-14)19-13-18(23-28-19)21(26)24(10-11-27-3)9-8-20(25)22-16-6-7-16/h4-5,12-13,16H,6-11H2,1-3H3,(H,22,25). The minimum absolute atomic E-state index is 0.0334. The second-order valence-electron chi connectivity index (χ2n) is 7.27. The van der Waals surface area contributed by atoms with Crippen LogP contribution in [0.5, 0.6) is 0 Å². The van der Waals surface area contributed by atoms with E-state index in [-0.39, 0.29) is 23.9 Å². The molecule has 2 aromatic rings. The van der Waals surface area contributed by atoms with Crippen molar-refractivity contribution in [2.24, 2.45) is 0 Å². The molecule has 150 valence electrons. The zero-order chi connectivity index (χ0) is 20.1. The van der Waals surface area contributed by atoms with Crippen molar-refractivity contribution in [1.29, 1.82) is 0 Å². The van der Waals surface area contributed by atoms with Gasteiger partial charge in [0.1, 0.15) is 0 Å². The average Bonchev–Trinajstić information content (AvgIpc) is 3.35. The predicted octanol–water partition coefficient (Wildman–Crippen LogP) is 2.72. The van der Waals surface area contributed by atoms with Gasteiger partial charge in [-0.3, -0.25) is 9.59 Å². The third kappa shape index (κ3) is 5.19. The van der Waals surface area contributed by atoms with Crippen molar-refractivity contribution in [3.63, 3.8) is 0 Å². The number of ether oxygens (including phenoxy) is 1. The molecule has 1 fully saturated rings. The van der Waals surface area contributed by atoms with E-state index in [1.54, 1.807) is 18.1 Å². The number of methoxy groups -OCH3 is 1. The number of aryl methyl sites for hydroxylation is 2. The van der Waals surface area contributed by atoms with Gasteiger partial charge in [-0.25, -0.2) is 0 Å². The first-order valence-electron chi connectivity index (χ1n) is 9.60. The highest BCUT2D eigenvalue weighted by Crippen LogP contribution is 2.25. The molecule has 0 bridgehead atoms. The molecule has 3 rings (SSSR count). The molecule has 1 heterocycles. The number of rotatable bonds is 9. The summed E-state index contributed by atoms with van der Waals surface area (Å²) in [5, 5.41) is 6.91. The molecule has 0 spiro atoms. The van der Waals surface area contributed by atoms with Gasteiger partial charge >= 0.3 is 0 Å². The second-order valence-corrected chi connectivity index (χ2v) is 7.27. The summed E-state index contributed by atoms with van der Waals surface area (Å²) in [5.41, 5.74) is 3.30. The van der Waals surface area contributed by atoms with Crippen LogP contribution in [0.15, 0.2) is 28.8 Å². The minimum atomic E-state index is -0.267. The van der Waals surface area contributed by atoms with E-state index in [0.717, 1.165) is 29.5 Å². The van der Waals surface area contributed by atoms with Crippen LogP contribution < -0.4 is 5.32 Å². The summed E-state index contributed by atoms with van der Waals surface area (Å²) < 4.78 is 10.5. The first-order valence-corrected chi connectivity index (χ1v) is 9.60. The summed E-state index contributed by atoms with van der Waals surface area (Å²) in [6.45, 7) is 5.08. The van der Waals surface area contributed by atoms with Crippen LogP contribution in [0.1, 0.15) is 40.9 Å². The van der Waals surface area contributed by atoms with Crippen LogP contribution in [-0.2, 0) is 9.53 Å². The highest BCUT2D eigenvalue weighted by Gasteiger charge is 2.25. The van der Waals surface area contributed by atoms with Crippen LogP contribution >= 0.6 is 0 Å². The van der Waals surface area contributed by atoms with Crippen molar-refractivity contribution in [3.8, 4) is 11.3 Å². The molecule has 0 aliphatic heterocycles. The summed E-state index contributed by atoms with van der Waals surface area (Å²) in [6, 6.07) is 8.02. The van der Waals surface area contributed by atoms with Gasteiger partial charge in [0, 0.05) is 44.3 Å². The minimum Gasteiger partial charge on any atom is -0.383 e. The van der Waals surface area contributed by atoms with Crippen molar-refractivity contribution in [2.45, 2.75) is 39.2 Å². The molecular weight excluding hydrogens is 358 g/mol. The maximum absolute atomic E-state index is 12.9. The molecule has 28 heavy (non-hydrogen) atoms. The number of nitrogens with one attached hydrogen (secondary N) is 1. The fourth-order valence-corrected chi connectivity index (χ4v) is 2.95. The van der Waals surface area contributed by atoms with Crippen LogP contribution in [0.25, 0.3) is 11.3 Å². The summed E-state index contributed by atoms with van der Waals surface area (Å²) in [5.74, 6) is 0.258. The third-order valence-corrected chi connectivity index (χ3v) is 4.79. The van der Waals surface area contributed by atoms with Gasteiger partial charge in [0.15, 0.2) is 11.5 Å². The van der Waals surface area contributed by atoms with Gasteiger partial charge in [-0.2, -0.15) is 0 Å². The van der Waals surface area contributed by atoms with Crippen LogP contribution in [0, 0.1) is 13.8 Å². The molecule has 0 radical (unpaired) electrons. The highest BCUT2D eigenvalue weighted by atomic mass is 16.5. The Morgan fingerprint density at radius 2 is 2.04 bits per heavy atom. The fourth-order valence-electron chi connectivity index (χ4n) is 2.95. The number of hydrogen-bond acceptors (Lipinski definition) is 5. The lowest BCUT2D eigenvalue weighted by Gasteiger charge is -2.21. The Morgan fingerprint density at radius 3 is 2.75 bits per heavy atom. The smallest absolute Gasteiger partial charge is 0.276 e. The van der Waals surface area contributed by atoms with Crippen molar-refractivity contribution >= 4 is 11.8 Å². The fraction of sp³-hybridized carbons (Fsp3) is 0.476. The number of carbonyl (C=O) groups is 2. The van der Waals surface area contributed by atoms with E-state index in [2.05, 4.69) is 10.5 Å². The zero-order valence-electron chi connectivity index (χ0n) is 16.7. The Morgan fingerprint density at radius 1 is 1.25 bits per heavy atom. The second kappa shape index (κ2) is 9.01. The third-order valence-electron chi connectivity index (χ3n) is 4.79. The van der Waals surface area contributed by atoms with Crippen molar-refractivity contribution < 1.29 is 18.8 Å². The summed E-state index contributed by atoms with van der Waals surface area (Å²) in [7, 11) is 1.58. The molecule has 1 saturated carbocycles. The molecular formula is C21H27N3O4. The van der Waals surface area contributed by atoms with E-state index in [4.69, 9.17) is 9.26 Å². The molecule has 0 unspecified atom stereocenters. The average molecular weight is 385 g/mol. The molecule has 1 aliphatic rings. The van der Waals surface area contributed by atoms with E-state index < -0.39 is 0 Å². The number of hydrogen-bond donors (Lipinski definition) is 1. The first-order chi connectivity index (χ1) is 13.5. The Balaban J connectivity index is 1.70. The number of amides is 2. The number of carbonyl (C=O) groups excluding carboxylic acids is 2. The van der Waals surface area contributed by atoms with Crippen LogP contribution in [0.2, 0.25) is 0 Å². The molecule has 1 aliphatic carbocycles. The Hall–Kier alpha value is -2.67. The lowest BCUT2D eigenvalue weighted by Crippen LogP contribution is -2.37. The molecule has 0 atom stereocenters. The SMILES string of the molecule is COCCN(CCC(=O)NC1CC1)C(=O)c1cc(-c2cc(C)ccc2C)on1. The van der Waals surface area contributed by atoms with Crippen molar-refractivity contribution in [3.05, 3.63) is 41.1 Å². The maximum Gasteiger partial charge on any atom is 0.276 e. The van der Waals surface area contributed by atoms with Gasteiger partial charge in [0.05, 0.1) is 6.61 Å². The lowest BCUT2D eigenvalue weighted by atomic mass is 10.0. The summed E-state index contributed by atoms with van der Waals surface area (Å²) >= 11 is 0. The van der Waals surface area contributed by atoms with E-state index in [9.17, 15) is 9.59 Å². The molecule has 7 heteroatoms. The van der Waals surface area contributed by atoms with Gasteiger partial charge in [-0.1, -0.05) is 22.9 Å². The Labute approximate surface area is 165 Å². The zero-order valence-corrected chi connectivity index (χ0v) is 16.7. The highest BCUT2D eigenvalue weighted by molar-refractivity contribution is 5.93. The van der Waals surface area contributed by atoms with Crippen LogP contribution in [-0.4, -0.2) is 54.7 Å². The summed E-state index contributed by atoms with van der Waals surface area (Å²) in [4.78, 5) is 26.5. The normalized spacial score (nSPS) is 13.4. The molecule has 0 saturated heterocycles. The van der Waals surface area contributed by atoms with E-state index in [0.29, 0.717) is 31.5 Å².